The summed E-state index contributed by atoms with van der Waals surface area (Å²) in [5.41, 5.74) is 1.08. The predicted molar refractivity (Wildman–Crippen MR) is 76.7 cm³/mol. The first kappa shape index (κ1) is 15.2. The smallest absolute Gasteiger partial charge is 0.254 e. The van der Waals surface area contributed by atoms with Crippen molar-refractivity contribution in [2.24, 2.45) is 0 Å². The molecule has 2 aromatic heterocycles. The standard InChI is InChI=1S/C15H19N3O3/c1-9(7-13(19)14-5-4-6-21-14)17-15(20)12-8-16-11(3)18-10(12)2/h4-6,8-9,13,19H,7H2,1-3H3,(H,17,20). The lowest BCUT2D eigenvalue weighted by Gasteiger charge is -2.17. The lowest BCUT2D eigenvalue weighted by molar-refractivity contribution is 0.0901. The maximum absolute atomic E-state index is 12.2. The van der Waals surface area contributed by atoms with E-state index >= 15 is 0 Å². The Labute approximate surface area is 123 Å². The van der Waals surface area contributed by atoms with E-state index in [2.05, 4.69) is 15.3 Å². The highest BCUT2D eigenvalue weighted by Crippen LogP contribution is 2.18. The molecule has 0 saturated carbocycles. The Morgan fingerprint density at radius 1 is 1.48 bits per heavy atom. The van der Waals surface area contributed by atoms with E-state index in [9.17, 15) is 9.90 Å². The number of aromatic nitrogens is 2. The SMILES string of the molecule is Cc1ncc(C(=O)NC(C)CC(O)c2ccco2)c(C)n1. The van der Waals surface area contributed by atoms with Crippen LogP contribution in [0.3, 0.4) is 0 Å². The van der Waals surface area contributed by atoms with E-state index in [0.29, 0.717) is 29.3 Å². The van der Waals surface area contributed by atoms with Crippen molar-refractivity contribution in [3.05, 3.63) is 47.4 Å². The zero-order valence-electron chi connectivity index (χ0n) is 12.3. The molecular formula is C15H19N3O3. The van der Waals surface area contributed by atoms with Gasteiger partial charge >= 0.3 is 0 Å². The number of amides is 1. The second-order valence-electron chi connectivity index (χ2n) is 5.06. The summed E-state index contributed by atoms with van der Waals surface area (Å²) in [4.78, 5) is 20.4. The molecule has 0 aliphatic rings. The zero-order valence-corrected chi connectivity index (χ0v) is 12.3. The molecule has 0 radical (unpaired) electrons. The van der Waals surface area contributed by atoms with Crippen molar-refractivity contribution < 1.29 is 14.3 Å². The third-order valence-electron chi connectivity index (χ3n) is 3.17. The molecule has 0 bridgehead atoms. The number of carbonyl (C=O) groups is 1. The van der Waals surface area contributed by atoms with Crippen molar-refractivity contribution >= 4 is 5.91 Å². The molecule has 21 heavy (non-hydrogen) atoms. The minimum Gasteiger partial charge on any atom is -0.467 e. The van der Waals surface area contributed by atoms with Crippen LogP contribution in [0.5, 0.6) is 0 Å². The Morgan fingerprint density at radius 2 is 2.24 bits per heavy atom. The van der Waals surface area contributed by atoms with E-state index in [4.69, 9.17) is 4.42 Å². The minimum absolute atomic E-state index is 0.210. The number of rotatable bonds is 5. The van der Waals surface area contributed by atoms with Crippen molar-refractivity contribution in [2.75, 3.05) is 0 Å². The van der Waals surface area contributed by atoms with Gasteiger partial charge in [0.2, 0.25) is 0 Å². The molecule has 0 aliphatic heterocycles. The number of carbonyl (C=O) groups excluding carboxylic acids is 1. The van der Waals surface area contributed by atoms with Gasteiger partial charge in [0.15, 0.2) is 0 Å². The fourth-order valence-electron chi connectivity index (χ4n) is 2.10. The Balaban J connectivity index is 1.96. The van der Waals surface area contributed by atoms with E-state index in [1.807, 2.05) is 6.92 Å². The van der Waals surface area contributed by atoms with Gasteiger partial charge in [-0.1, -0.05) is 0 Å². The monoisotopic (exact) mass is 289 g/mol. The molecular weight excluding hydrogens is 270 g/mol. The summed E-state index contributed by atoms with van der Waals surface area (Å²) in [5, 5.41) is 12.8. The third-order valence-corrected chi connectivity index (χ3v) is 3.17. The average Bonchev–Trinajstić information content (AvgIpc) is 2.91. The number of nitrogens with one attached hydrogen (secondary N) is 1. The Kier molecular flexibility index (Phi) is 4.70. The summed E-state index contributed by atoms with van der Waals surface area (Å²) in [6.45, 7) is 5.37. The maximum Gasteiger partial charge on any atom is 0.254 e. The molecule has 112 valence electrons. The van der Waals surface area contributed by atoms with Gasteiger partial charge in [-0.3, -0.25) is 4.79 Å². The number of hydrogen-bond acceptors (Lipinski definition) is 5. The van der Waals surface area contributed by atoms with Gasteiger partial charge in [-0.05, 0) is 32.9 Å². The number of furan rings is 1. The van der Waals surface area contributed by atoms with Crippen molar-refractivity contribution in [2.45, 2.75) is 39.3 Å². The molecule has 0 fully saturated rings. The largest absolute Gasteiger partial charge is 0.467 e. The van der Waals surface area contributed by atoms with Crippen molar-refractivity contribution in [1.82, 2.24) is 15.3 Å². The number of hydrogen-bond donors (Lipinski definition) is 2. The number of aryl methyl sites for hydroxylation is 2. The van der Waals surface area contributed by atoms with Gasteiger partial charge in [-0.2, -0.15) is 0 Å². The molecule has 2 aromatic rings. The van der Waals surface area contributed by atoms with Gasteiger partial charge in [-0.15, -0.1) is 0 Å². The molecule has 0 saturated heterocycles. The van der Waals surface area contributed by atoms with Gasteiger partial charge in [0, 0.05) is 18.7 Å². The van der Waals surface area contributed by atoms with Gasteiger partial charge in [0.05, 0.1) is 17.5 Å². The van der Waals surface area contributed by atoms with Crippen molar-refractivity contribution in [1.29, 1.82) is 0 Å². The van der Waals surface area contributed by atoms with Crippen LogP contribution < -0.4 is 5.32 Å². The molecule has 6 heteroatoms. The van der Waals surface area contributed by atoms with E-state index in [0.717, 1.165) is 0 Å². The van der Waals surface area contributed by atoms with Gasteiger partial charge in [-0.25, -0.2) is 9.97 Å². The minimum atomic E-state index is -0.745. The highest BCUT2D eigenvalue weighted by Gasteiger charge is 2.18. The van der Waals surface area contributed by atoms with Crippen LogP contribution in [0, 0.1) is 13.8 Å². The van der Waals surface area contributed by atoms with Crippen LogP contribution in [-0.2, 0) is 0 Å². The van der Waals surface area contributed by atoms with Gasteiger partial charge in [0.1, 0.15) is 17.7 Å². The second kappa shape index (κ2) is 6.49. The molecule has 6 nitrogen and oxygen atoms in total. The van der Waals surface area contributed by atoms with Crippen molar-refractivity contribution in [3.8, 4) is 0 Å². The van der Waals surface area contributed by atoms with Gasteiger partial charge < -0.3 is 14.8 Å². The summed E-state index contributed by atoms with van der Waals surface area (Å²) >= 11 is 0. The molecule has 0 spiro atoms. The zero-order chi connectivity index (χ0) is 15.4. The fourth-order valence-corrected chi connectivity index (χ4v) is 2.10. The first-order valence-electron chi connectivity index (χ1n) is 6.80. The first-order chi connectivity index (χ1) is 9.97. The number of aliphatic hydroxyl groups is 1. The molecule has 2 unspecified atom stereocenters. The Bertz CT molecular complexity index is 611. The Morgan fingerprint density at radius 3 is 2.86 bits per heavy atom. The van der Waals surface area contributed by atoms with E-state index in [-0.39, 0.29) is 11.9 Å². The van der Waals surface area contributed by atoms with Crippen LogP contribution in [0.4, 0.5) is 0 Å². The molecule has 2 heterocycles. The highest BCUT2D eigenvalue weighted by atomic mass is 16.4. The van der Waals surface area contributed by atoms with Crippen LogP contribution in [0.15, 0.2) is 29.0 Å². The van der Waals surface area contributed by atoms with E-state index in [1.54, 1.807) is 26.0 Å². The predicted octanol–water partition coefficient (Wildman–Crippen LogP) is 1.93. The van der Waals surface area contributed by atoms with Crippen molar-refractivity contribution in [3.63, 3.8) is 0 Å². The van der Waals surface area contributed by atoms with Gasteiger partial charge in [0.25, 0.3) is 5.91 Å². The topological polar surface area (TPSA) is 88.2 Å². The van der Waals surface area contributed by atoms with E-state index < -0.39 is 6.10 Å². The number of nitrogens with zero attached hydrogens (tertiary/aromatic N) is 2. The number of aliphatic hydroxyl groups excluding tert-OH is 1. The summed E-state index contributed by atoms with van der Waals surface area (Å²) in [6.07, 6.45) is 2.65. The average molecular weight is 289 g/mol. The van der Waals surface area contributed by atoms with Crippen LogP contribution in [0.1, 0.15) is 47.1 Å². The van der Waals surface area contributed by atoms with Crippen LogP contribution in [-0.4, -0.2) is 27.0 Å². The quantitative estimate of drug-likeness (QED) is 0.878. The molecule has 2 atom stereocenters. The first-order valence-corrected chi connectivity index (χ1v) is 6.80. The molecule has 1 amide bonds. The summed E-state index contributed by atoms with van der Waals surface area (Å²) in [5.74, 6) is 0.878. The third kappa shape index (κ3) is 3.88. The van der Waals surface area contributed by atoms with Crippen LogP contribution >= 0.6 is 0 Å². The van der Waals surface area contributed by atoms with Crippen LogP contribution in [0.2, 0.25) is 0 Å². The fraction of sp³-hybridized carbons (Fsp3) is 0.400. The lowest BCUT2D eigenvalue weighted by atomic mass is 10.1. The highest BCUT2D eigenvalue weighted by molar-refractivity contribution is 5.95. The van der Waals surface area contributed by atoms with E-state index in [1.165, 1.54) is 12.5 Å². The maximum atomic E-state index is 12.2. The molecule has 0 aromatic carbocycles. The lowest BCUT2D eigenvalue weighted by Crippen LogP contribution is -2.34. The van der Waals surface area contributed by atoms with Crippen LogP contribution in [0.25, 0.3) is 0 Å². The Hall–Kier alpha value is -2.21. The molecule has 2 rings (SSSR count). The second-order valence-corrected chi connectivity index (χ2v) is 5.06. The molecule has 2 N–H and O–H groups in total. The summed E-state index contributed by atoms with van der Waals surface area (Å²) in [7, 11) is 0. The normalized spacial score (nSPS) is 13.7. The molecule has 0 aliphatic carbocycles. The summed E-state index contributed by atoms with van der Waals surface area (Å²) < 4.78 is 5.14. The summed E-state index contributed by atoms with van der Waals surface area (Å²) in [6, 6.07) is 3.21.